The van der Waals surface area contributed by atoms with E-state index in [9.17, 15) is 43.6 Å². The number of carbonyl (C=O) groups excluding carboxylic acids is 7. The third kappa shape index (κ3) is 21.9. The molecule has 8 fully saturated rings. The summed E-state index contributed by atoms with van der Waals surface area (Å²) in [5.74, 6) is 1.08. The van der Waals surface area contributed by atoms with Crippen molar-refractivity contribution in [1.82, 2.24) is 65.4 Å². The van der Waals surface area contributed by atoms with Crippen LogP contribution < -0.4 is 32.7 Å². The second-order valence-electron chi connectivity index (χ2n) is 28.3. The molecule has 5 atom stereocenters. The van der Waals surface area contributed by atoms with E-state index in [0.717, 1.165) is 80.1 Å². The van der Waals surface area contributed by atoms with Crippen LogP contribution in [0.3, 0.4) is 0 Å². The summed E-state index contributed by atoms with van der Waals surface area (Å²) in [6, 6.07) is 7.67. The van der Waals surface area contributed by atoms with E-state index in [4.69, 9.17) is 26.0 Å². The summed E-state index contributed by atoms with van der Waals surface area (Å²) >= 11 is 0. The van der Waals surface area contributed by atoms with Crippen LogP contribution in [0.2, 0.25) is 0 Å². The molecule has 4 spiro atoms. The van der Waals surface area contributed by atoms with Crippen molar-refractivity contribution in [2.45, 2.75) is 194 Å². The van der Waals surface area contributed by atoms with Crippen LogP contribution in [0, 0.1) is 39.4 Å². The van der Waals surface area contributed by atoms with E-state index in [1.54, 1.807) is 89.3 Å². The normalized spacial score (nSPS) is 21.4. The zero-order valence-electron chi connectivity index (χ0n) is 54.9. The molecule has 0 aromatic carbocycles. The number of unbranched alkanes of at least 4 members (excludes halogenated alkanes) is 1. The van der Waals surface area contributed by atoms with Crippen molar-refractivity contribution in [2.75, 3.05) is 47.1 Å². The van der Waals surface area contributed by atoms with Crippen LogP contribution in [0.25, 0.3) is 0 Å². The summed E-state index contributed by atoms with van der Waals surface area (Å²) in [5, 5.41) is 57.3. The number of anilines is 5. The number of carboxylic acid groups (broad SMARTS) is 1. The van der Waals surface area contributed by atoms with Crippen molar-refractivity contribution in [3.05, 3.63) is 61.3 Å². The lowest BCUT2D eigenvalue weighted by molar-refractivity contribution is -0.157. The van der Waals surface area contributed by atoms with Crippen LogP contribution in [-0.2, 0) is 38.2 Å². The number of carboxylic acids is 1. The van der Waals surface area contributed by atoms with Gasteiger partial charge in [0.25, 0.3) is 0 Å². The number of nitrogens with zero attached hydrogens (tertiary/aromatic N) is 9. The number of hydrogen-bond acceptors (Lipinski definition) is 19. The highest BCUT2D eigenvalue weighted by Crippen LogP contribution is 2.60. The zero-order valence-corrected chi connectivity index (χ0v) is 55.7. The molecule has 7 heterocycles. The van der Waals surface area contributed by atoms with E-state index in [0.29, 0.717) is 76.2 Å². The molecule has 2 aliphatic heterocycles. The quantitative estimate of drug-likeness (QED) is 0.0282. The number of halogens is 1. The van der Waals surface area contributed by atoms with E-state index in [-0.39, 0.29) is 65.9 Å². The molecule has 13 N–H and O–H groups in total. The third-order valence-corrected chi connectivity index (χ3v) is 18.2. The van der Waals surface area contributed by atoms with Gasteiger partial charge >= 0.3 is 18.2 Å². The molecular formula is C63H95ClN18O12. The number of amides is 5. The van der Waals surface area contributed by atoms with Crippen molar-refractivity contribution < 1.29 is 58.1 Å². The molecule has 8 aliphatic rings. The smallest absolute Gasteiger partial charge is 0.435 e. The van der Waals surface area contributed by atoms with Gasteiger partial charge in [0.05, 0.1) is 43.0 Å². The SMILES string of the molecule is CC(C)(C)OC(=O)n1ccc(N)n1.CC(C)(C)OC(=O)n1ccc(NC(=O)[C@H]2CCC3(CC3)C2)n1.CCCC[C@H](CN(O)C=O)C(=O)N1CC2(CC2)C[C@H]1C(=O)Nc1ccn[nH]1.Cl.Nc1ccn[nH]1.O=C(Nc1ccn[nH]1)[C@@H]1CC2(CC2)CN1.O=C(O)[C@H]1CCC2(CC2)C1. The number of aliphatic carboxylic acids is 1. The van der Waals surface area contributed by atoms with Crippen molar-refractivity contribution >= 4 is 89.7 Å². The summed E-state index contributed by atoms with van der Waals surface area (Å²) in [6.45, 7) is 14.3. The van der Waals surface area contributed by atoms with Crippen LogP contribution >= 0.6 is 12.4 Å². The van der Waals surface area contributed by atoms with Gasteiger partial charge in [-0.2, -0.15) is 24.7 Å². The molecule has 0 radical (unpaired) electrons. The lowest BCUT2D eigenvalue weighted by Crippen LogP contribution is -2.47. The van der Waals surface area contributed by atoms with Crippen molar-refractivity contribution in [3.8, 4) is 0 Å². The Kier molecular flexibility index (Phi) is 24.3. The highest BCUT2D eigenvalue weighted by atomic mass is 35.5. The summed E-state index contributed by atoms with van der Waals surface area (Å²) in [7, 11) is 0. The van der Waals surface area contributed by atoms with E-state index in [2.05, 4.69) is 62.1 Å². The number of aromatic nitrogens is 10. The number of nitrogen functional groups attached to an aromatic ring is 2. The molecule has 13 rings (SSSR count). The maximum absolute atomic E-state index is 13.2. The average molecular weight is 1330 g/mol. The number of nitrogens with one attached hydrogen (secondary N) is 7. The number of likely N-dealkylation sites (tertiary alicyclic amines) is 1. The van der Waals surface area contributed by atoms with E-state index >= 15 is 0 Å². The standard InChI is InChI=1S/C18H27N5O4.C16H23N3O3.C10H14N4O.C8H13N3O2.C8H12O2.C3H5N3.ClH/c1-2-3-4-13(10-22(27)12-24)17(26)23-11-18(6-7-18)9-14(23)16(25)20-15-5-8-19-21-15;1-15(2,3)22-14(21)19-9-5-12(18-19)17-13(20)11-4-6-16(10-11)7-8-16;15-9(13-8-1-4-12-14-8)7-5-10(2-3-10)6-11-7;1-8(2,3)13-7(12)11-5-4-6(9)10-11;9-7(10)6-1-2-8(5-6)3-4-8;4-3-1-2-5-6-3;/h5,8,12-14,27H,2-4,6-7,9-11H2,1H3,(H2,19,20,21,25);5,9,11H,4,6-8,10H2,1-3H3,(H,17,18,20);1,4,7,11H,2-3,5-6H2,(H2,12,13,14,15);4-5H,1-3H3,(H2,9,10);6H,1-5H2,(H,9,10);1-2H,(H3,4,5,6);1H/t13-,14+;11-;7-;;6-;;/m100.0../s1. The van der Waals surface area contributed by atoms with Crippen LogP contribution in [0.4, 0.5) is 38.7 Å². The van der Waals surface area contributed by atoms with Crippen molar-refractivity contribution in [2.24, 2.45) is 39.4 Å². The average Bonchev–Trinajstić information content (AvgIpc) is 1.67. The zero-order chi connectivity index (χ0) is 67.4. The minimum absolute atomic E-state index is 0. The number of ether oxygens (including phenoxy) is 2. The number of hydroxylamine groups is 2. The lowest BCUT2D eigenvalue weighted by Gasteiger charge is -2.29. The summed E-state index contributed by atoms with van der Waals surface area (Å²) in [4.78, 5) is 96.2. The number of H-pyrrole nitrogens is 3. The Morgan fingerprint density at radius 3 is 1.65 bits per heavy atom. The van der Waals surface area contributed by atoms with E-state index in [1.165, 1.54) is 63.4 Å². The fourth-order valence-corrected chi connectivity index (χ4v) is 12.2. The lowest BCUT2D eigenvalue weighted by atomic mass is 9.99. The Bertz CT molecular complexity index is 3300. The largest absolute Gasteiger partial charge is 0.481 e. The number of nitrogens with two attached hydrogens (primary N) is 2. The molecule has 30 nitrogen and oxygen atoms in total. The molecule has 31 heteroatoms. The molecular weight excluding hydrogens is 1240 g/mol. The predicted molar refractivity (Wildman–Crippen MR) is 349 cm³/mol. The Labute approximate surface area is 552 Å². The molecule has 94 heavy (non-hydrogen) atoms. The van der Waals surface area contributed by atoms with E-state index in [1.807, 2.05) is 6.92 Å². The fraction of sp³-hybridized carbons (Fsp3) is 0.635. The summed E-state index contributed by atoms with van der Waals surface area (Å²) in [6.07, 6.45) is 26.8. The molecule has 0 bridgehead atoms. The Morgan fingerprint density at radius 2 is 1.21 bits per heavy atom. The van der Waals surface area contributed by atoms with Crippen LogP contribution in [0.5, 0.6) is 0 Å². The van der Waals surface area contributed by atoms with Gasteiger partial charge < -0.3 is 52.2 Å². The molecule has 0 unspecified atom stereocenters. The Balaban J connectivity index is 0.000000168. The van der Waals surface area contributed by atoms with Gasteiger partial charge in [-0.3, -0.25) is 49.3 Å². The topological polar surface area (TPSA) is 424 Å². The van der Waals surface area contributed by atoms with Gasteiger partial charge in [0, 0.05) is 55.7 Å². The van der Waals surface area contributed by atoms with Gasteiger partial charge in [-0.15, -0.1) is 22.6 Å². The second-order valence-corrected chi connectivity index (χ2v) is 28.3. The number of aromatic amines is 3. The minimum Gasteiger partial charge on any atom is -0.481 e. The van der Waals surface area contributed by atoms with Gasteiger partial charge in [-0.05, 0) is 178 Å². The van der Waals surface area contributed by atoms with Crippen molar-refractivity contribution in [3.63, 3.8) is 0 Å². The first-order valence-electron chi connectivity index (χ1n) is 32.2. The van der Waals surface area contributed by atoms with Gasteiger partial charge in [-0.25, -0.2) is 14.7 Å². The Morgan fingerprint density at radius 1 is 0.681 bits per heavy atom. The second kappa shape index (κ2) is 31.2. The van der Waals surface area contributed by atoms with Gasteiger partial charge in [0.15, 0.2) is 5.82 Å². The number of carbonyl (C=O) groups is 8. The first-order valence-corrected chi connectivity index (χ1v) is 32.2. The molecule has 6 saturated carbocycles. The first-order chi connectivity index (χ1) is 44.0. The van der Waals surface area contributed by atoms with Crippen LogP contribution in [0.15, 0.2) is 61.3 Å². The maximum Gasteiger partial charge on any atom is 0.435 e. The monoisotopic (exact) mass is 1330 g/mol. The van der Waals surface area contributed by atoms with Gasteiger partial charge in [0.2, 0.25) is 30.0 Å². The molecule has 5 aromatic heterocycles. The first kappa shape index (κ1) is 73.0. The molecule has 6 aliphatic carbocycles. The summed E-state index contributed by atoms with van der Waals surface area (Å²) < 4.78 is 12.4. The van der Waals surface area contributed by atoms with Gasteiger partial charge in [0.1, 0.15) is 40.5 Å². The highest BCUT2D eigenvalue weighted by molar-refractivity contribution is 5.98. The van der Waals surface area contributed by atoms with E-state index < -0.39 is 41.3 Å². The fourth-order valence-electron chi connectivity index (χ4n) is 12.2. The maximum atomic E-state index is 13.2. The predicted octanol–water partition coefficient (Wildman–Crippen LogP) is 8.37. The summed E-state index contributed by atoms with van der Waals surface area (Å²) in [5.41, 5.74) is 10.9. The molecule has 5 amide bonds. The minimum atomic E-state index is -0.580. The van der Waals surface area contributed by atoms with Crippen molar-refractivity contribution in [1.29, 1.82) is 0 Å². The molecule has 516 valence electrons. The molecule has 2 saturated heterocycles. The number of rotatable bonds is 14. The van der Waals surface area contributed by atoms with Crippen LogP contribution in [0.1, 0.15) is 170 Å². The van der Waals surface area contributed by atoms with Gasteiger partial charge in [-0.1, -0.05) is 19.8 Å². The number of hydrogen-bond donors (Lipinski definition) is 11. The van der Waals surface area contributed by atoms with Crippen LogP contribution in [-0.4, -0.2) is 162 Å². The highest BCUT2D eigenvalue weighted by Gasteiger charge is 2.56. The molecule has 5 aromatic rings. The third-order valence-electron chi connectivity index (χ3n) is 18.2. The Hall–Kier alpha value is -8.38.